The van der Waals surface area contributed by atoms with E-state index in [1.54, 1.807) is 18.2 Å². The number of hydrazone groups is 1. The lowest BCUT2D eigenvalue weighted by molar-refractivity contribution is -0.157. The van der Waals surface area contributed by atoms with Gasteiger partial charge in [-0.25, -0.2) is 5.01 Å². The molecule has 0 radical (unpaired) electrons. The molecule has 5 rings (SSSR count). The second-order valence-corrected chi connectivity index (χ2v) is 7.29. The van der Waals surface area contributed by atoms with E-state index in [0.717, 1.165) is 27.7 Å². The Morgan fingerprint density at radius 2 is 2.00 bits per heavy atom. The van der Waals surface area contributed by atoms with Gasteiger partial charge in [-0.15, -0.1) is 0 Å². The Morgan fingerprint density at radius 3 is 2.86 bits per heavy atom. The van der Waals surface area contributed by atoms with Crippen molar-refractivity contribution in [2.24, 2.45) is 5.10 Å². The maximum atomic E-state index is 13.1. The Kier molecular flexibility index (Phi) is 4.08. The summed E-state index contributed by atoms with van der Waals surface area (Å²) in [6, 6.07) is 14.9. The zero-order valence-electron chi connectivity index (χ0n) is 16.0. The number of hydrogen-bond donors (Lipinski definition) is 1. The molecule has 2 aliphatic rings. The van der Waals surface area contributed by atoms with Crippen molar-refractivity contribution in [3.8, 4) is 5.75 Å². The third-order valence-corrected chi connectivity index (χ3v) is 5.59. The van der Waals surface area contributed by atoms with E-state index in [1.807, 2.05) is 48.5 Å². The van der Waals surface area contributed by atoms with Gasteiger partial charge in [-0.05, 0) is 29.3 Å². The van der Waals surface area contributed by atoms with Gasteiger partial charge in [0.25, 0.3) is 5.91 Å². The topological polar surface area (TPSA) is 78.0 Å². The molecule has 29 heavy (non-hydrogen) atoms. The van der Waals surface area contributed by atoms with Gasteiger partial charge < -0.3 is 14.6 Å². The van der Waals surface area contributed by atoms with Crippen molar-refractivity contribution in [1.29, 1.82) is 0 Å². The lowest BCUT2D eigenvalue weighted by atomic mass is 9.94. The van der Waals surface area contributed by atoms with Crippen molar-refractivity contribution in [1.82, 2.24) is 14.9 Å². The molecular weight excluding hydrogens is 368 g/mol. The fourth-order valence-corrected chi connectivity index (χ4v) is 4.12. The van der Waals surface area contributed by atoms with Gasteiger partial charge in [-0.2, -0.15) is 5.10 Å². The van der Waals surface area contributed by atoms with Crippen LogP contribution < -0.4 is 4.74 Å². The van der Waals surface area contributed by atoms with Gasteiger partial charge in [-0.3, -0.25) is 9.59 Å². The van der Waals surface area contributed by atoms with Crippen molar-refractivity contribution in [3.63, 3.8) is 0 Å². The van der Waals surface area contributed by atoms with Crippen molar-refractivity contribution < 1.29 is 14.3 Å². The van der Waals surface area contributed by atoms with Crippen LogP contribution in [0.4, 0.5) is 0 Å². The second-order valence-electron chi connectivity index (χ2n) is 7.29. The predicted molar refractivity (Wildman–Crippen MR) is 109 cm³/mol. The molecule has 1 N–H and O–H groups in total. The number of piperazine rings is 1. The first-order chi connectivity index (χ1) is 14.1. The average molecular weight is 388 g/mol. The van der Waals surface area contributed by atoms with Crippen LogP contribution in [0.3, 0.4) is 0 Å². The first-order valence-electron chi connectivity index (χ1n) is 9.51. The summed E-state index contributed by atoms with van der Waals surface area (Å²) in [5.41, 5.74) is 3.96. The Balaban J connectivity index is 1.43. The number of benzene rings is 2. The summed E-state index contributed by atoms with van der Waals surface area (Å²) < 4.78 is 5.21. The van der Waals surface area contributed by atoms with Crippen LogP contribution in [0.1, 0.15) is 16.8 Å². The van der Waals surface area contributed by atoms with Crippen LogP contribution in [0.25, 0.3) is 10.9 Å². The van der Waals surface area contributed by atoms with Crippen LogP contribution in [-0.2, 0) is 22.6 Å². The highest BCUT2D eigenvalue weighted by molar-refractivity contribution is 5.97. The number of methoxy groups -OCH3 is 1. The van der Waals surface area contributed by atoms with Gasteiger partial charge in [0, 0.05) is 23.0 Å². The summed E-state index contributed by atoms with van der Waals surface area (Å²) in [6.45, 7) is 0.373. The van der Waals surface area contributed by atoms with Gasteiger partial charge in [-0.1, -0.05) is 30.3 Å². The molecular formula is C22H20N4O3. The Hall–Kier alpha value is -3.61. The first kappa shape index (κ1) is 17.5. The van der Waals surface area contributed by atoms with Gasteiger partial charge >= 0.3 is 0 Å². The van der Waals surface area contributed by atoms with Crippen LogP contribution in [0, 0.1) is 0 Å². The lowest BCUT2D eigenvalue weighted by Gasteiger charge is -2.40. The fourth-order valence-electron chi connectivity index (χ4n) is 4.12. The summed E-state index contributed by atoms with van der Waals surface area (Å²) in [7, 11) is 1.60. The van der Waals surface area contributed by atoms with E-state index in [0.29, 0.717) is 18.7 Å². The minimum atomic E-state index is -0.523. The minimum absolute atomic E-state index is 0.0502. The van der Waals surface area contributed by atoms with Crippen LogP contribution in [0.15, 0.2) is 53.6 Å². The van der Waals surface area contributed by atoms with Crippen molar-refractivity contribution in [2.45, 2.75) is 19.0 Å². The van der Waals surface area contributed by atoms with E-state index in [9.17, 15) is 9.59 Å². The van der Waals surface area contributed by atoms with Crippen molar-refractivity contribution >= 4 is 28.9 Å². The molecule has 0 bridgehead atoms. The summed E-state index contributed by atoms with van der Waals surface area (Å²) >= 11 is 0. The SMILES string of the molecule is COc1cccc(/C=N\N2CC(=O)N3Cc4[nH]c5ccccc5c4C[C@@H]3C2=O)c1. The summed E-state index contributed by atoms with van der Waals surface area (Å²) in [5.74, 6) is 0.460. The number of nitrogens with zero attached hydrogens (tertiary/aromatic N) is 3. The number of hydrogen-bond acceptors (Lipinski definition) is 4. The molecule has 1 saturated heterocycles. The number of H-pyrrole nitrogens is 1. The van der Waals surface area contributed by atoms with E-state index in [2.05, 4.69) is 10.1 Å². The number of aromatic nitrogens is 1. The normalized spacial score (nSPS) is 19.0. The Bertz CT molecular complexity index is 1150. The van der Waals surface area contributed by atoms with E-state index in [-0.39, 0.29) is 18.4 Å². The highest BCUT2D eigenvalue weighted by atomic mass is 16.5. The average Bonchev–Trinajstić information content (AvgIpc) is 3.12. The molecule has 0 spiro atoms. The van der Waals surface area contributed by atoms with E-state index in [1.165, 1.54) is 5.01 Å². The van der Waals surface area contributed by atoms with E-state index in [4.69, 9.17) is 4.74 Å². The number of fused-ring (bicyclic) bond motifs is 4. The third-order valence-electron chi connectivity index (χ3n) is 5.59. The molecule has 1 atom stereocenters. The fraction of sp³-hybridized carbons (Fsp3) is 0.227. The van der Waals surface area contributed by atoms with Gasteiger partial charge in [0.15, 0.2) is 0 Å². The van der Waals surface area contributed by atoms with Crippen molar-refractivity contribution in [2.75, 3.05) is 13.7 Å². The molecule has 0 unspecified atom stereocenters. The highest BCUT2D eigenvalue weighted by Gasteiger charge is 2.43. The molecule has 3 aromatic rings. The van der Waals surface area contributed by atoms with Crippen LogP contribution in [-0.4, -0.2) is 52.6 Å². The van der Waals surface area contributed by atoms with Crippen LogP contribution >= 0.6 is 0 Å². The maximum absolute atomic E-state index is 13.1. The first-order valence-corrected chi connectivity index (χ1v) is 9.51. The summed E-state index contributed by atoms with van der Waals surface area (Å²) in [6.07, 6.45) is 2.08. The molecule has 1 aromatic heterocycles. The largest absolute Gasteiger partial charge is 0.497 e. The molecule has 2 aliphatic heterocycles. The predicted octanol–water partition coefficient (Wildman–Crippen LogP) is 2.31. The highest BCUT2D eigenvalue weighted by Crippen LogP contribution is 2.32. The third kappa shape index (κ3) is 2.95. The number of carbonyl (C=O) groups is 2. The zero-order valence-corrected chi connectivity index (χ0v) is 16.0. The molecule has 2 aromatic carbocycles. The van der Waals surface area contributed by atoms with Crippen LogP contribution in [0.5, 0.6) is 5.75 Å². The number of nitrogens with one attached hydrogen (secondary N) is 1. The molecule has 1 fully saturated rings. The molecule has 146 valence electrons. The molecule has 2 amide bonds. The zero-order chi connectivity index (χ0) is 20.0. The van der Waals surface area contributed by atoms with Crippen LogP contribution in [0.2, 0.25) is 0 Å². The smallest absolute Gasteiger partial charge is 0.266 e. The quantitative estimate of drug-likeness (QED) is 0.700. The standard InChI is InChI=1S/C22H20N4O3/c1-29-15-6-4-5-14(9-15)11-23-26-13-21(27)25-12-19-17(10-20(25)22(26)28)16-7-2-3-8-18(16)24-19/h2-9,11,20,24H,10,12-13H2,1H3/b23-11-/t20-/m1/s1. The second kappa shape index (κ2) is 6.77. The number of para-hydroxylation sites is 1. The van der Waals surface area contributed by atoms with E-state index >= 15 is 0 Å². The number of aromatic amines is 1. The number of rotatable bonds is 3. The number of ether oxygens (including phenoxy) is 1. The maximum Gasteiger partial charge on any atom is 0.266 e. The number of carbonyl (C=O) groups excluding carboxylic acids is 2. The van der Waals surface area contributed by atoms with Crippen molar-refractivity contribution in [3.05, 3.63) is 65.4 Å². The molecule has 0 aliphatic carbocycles. The summed E-state index contributed by atoms with van der Waals surface area (Å²) in [4.78, 5) is 30.9. The Morgan fingerprint density at radius 1 is 1.14 bits per heavy atom. The van der Waals surface area contributed by atoms with E-state index < -0.39 is 6.04 Å². The molecule has 7 heteroatoms. The molecule has 3 heterocycles. The minimum Gasteiger partial charge on any atom is -0.497 e. The Labute approximate surface area is 167 Å². The molecule has 0 saturated carbocycles. The number of amides is 2. The monoisotopic (exact) mass is 388 g/mol. The summed E-state index contributed by atoms with van der Waals surface area (Å²) in [5, 5.41) is 6.70. The van der Waals surface area contributed by atoms with Gasteiger partial charge in [0.1, 0.15) is 18.3 Å². The lowest BCUT2D eigenvalue weighted by Crippen LogP contribution is -2.60. The van der Waals surface area contributed by atoms with Gasteiger partial charge in [0.05, 0.1) is 19.9 Å². The molecule has 7 nitrogen and oxygen atoms in total. The van der Waals surface area contributed by atoms with Gasteiger partial charge in [0.2, 0.25) is 5.91 Å².